The fraction of sp³-hybridized carbons (Fsp3) is 0.300. The van der Waals surface area contributed by atoms with E-state index in [0.29, 0.717) is 60.1 Å². The zero-order valence-corrected chi connectivity index (χ0v) is 29.2. The zero-order chi connectivity index (χ0) is 37.0. The molecule has 1 fully saturated rings. The summed E-state index contributed by atoms with van der Waals surface area (Å²) in [7, 11) is 0. The Labute approximate surface area is 303 Å². The van der Waals surface area contributed by atoms with Crippen LogP contribution in [0.4, 0.5) is 9.59 Å². The molecule has 0 saturated heterocycles. The van der Waals surface area contributed by atoms with Crippen molar-refractivity contribution in [2.24, 2.45) is 11.8 Å². The highest BCUT2D eigenvalue weighted by Crippen LogP contribution is 2.44. The molecular formula is C40H44N4O8. The first kappa shape index (κ1) is 37.2. The molecule has 52 heavy (non-hydrogen) atoms. The maximum Gasteiger partial charge on any atom is 0.318 e. The lowest BCUT2D eigenvalue weighted by Gasteiger charge is -2.55. The number of amides is 4. The molecular weight excluding hydrogens is 664 g/mol. The number of nitrogens with one attached hydrogen (secondary N) is 2. The number of aliphatic carboxylic acids is 2. The number of hydrogen-bond acceptors (Lipinski definition) is 6. The summed E-state index contributed by atoms with van der Waals surface area (Å²) >= 11 is 0. The number of benzene rings is 4. The summed E-state index contributed by atoms with van der Waals surface area (Å²) in [5.74, 6) is -3.29. The highest BCUT2D eigenvalue weighted by molar-refractivity contribution is 5.87. The van der Waals surface area contributed by atoms with Crippen LogP contribution in [0, 0.1) is 11.8 Å². The summed E-state index contributed by atoms with van der Waals surface area (Å²) in [5, 5.41) is 26.5. The molecule has 4 aromatic carbocycles. The topological polar surface area (TPSA) is 158 Å². The molecule has 0 unspecified atom stereocenters. The van der Waals surface area contributed by atoms with Gasteiger partial charge in [0.25, 0.3) is 0 Å². The second-order valence-corrected chi connectivity index (χ2v) is 12.5. The highest BCUT2D eigenvalue weighted by atomic mass is 16.5. The van der Waals surface area contributed by atoms with Crippen LogP contribution >= 0.6 is 0 Å². The average molecular weight is 709 g/mol. The van der Waals surface area contributed by atoms with Gasteiger partial charge in [0, 0.05) is 26.2 Å². The van der Waals surface area contributed by atoms with Gasteiger partial charge in [0.2, 0.25) is 0 Å². The molecule has 0 heterocycles. The second-order valence-electron chi connectivity index (χ2n) is 12.5. The zero-order valence-electron chi connectivity index (χ0n) is 29.2. The van der Waals surface area contributed by atoms with E-state index >= 15 is 0 Å². The summed E-state index contributed by atoms with van der Waals surface area (Å²) in [6, 6.07) is 29.0. The first-order valence-electron chi connectivity index (χ1n) is 17.4. The molecule has 4 aromatic rings. The fourth-order valence-corrected chi connectivity index (χ4v) is 6.32. The van der Waals surface area contributed by atoms with E-state index in [1.54, 1.807) is 48.5 Å². The van der Waals surface area contributed by atoms with Crippen LogP contribution in [0.25, 0.3) is 0 Å². The second kappa shape index (κ2) is 17.8. The Kier molecular flexibility index (Phi) is 12.7. The third-order valence-corrected chi connectivity index (χ3v) is 8.85. The molecule has 0 bridgehead atoms. The van der Waals surface area contributed by atoms with Crippen LogP contribution in [0.15, 0.2) is 109 Å². The molecule has 1 aliphatic rings. The molecule has 0 radical (unpaired) electrons. The minimum Gasteiger partial charge on any atom is -0.481 e. The number of para-hydroxylation sites is 2. The Morgan fingerprint density at radius 1 is 0.538 bits per heavy atom. The summed E-state index contributed by atoms with van der Waals surface area (Å²) in [5.41, 5.74) is 1.31. The largest absolute Gasteiger partial charge is 0.481 e. The number of carboxylic acid groups (broad SMARTS) is 2. The van der Waals surface area contributed by atoms with E-state index in [0.717, 1.165) is 0 Å². The predicted molar refractivity (Wildman–Crippen MR) is 194 cm³/mol. The van der Waals surface area contributed by atoms with Crippen LogP contribution in [0.1, 0.15) is 37.8 Å². The van der Waals surface area contributed by atoms with Gasteiger partial charge >= 0.3 is 24.0 Å². The van der Waals surface area contributed by atoms with Gasteiger partial charge in [-0.05, 0) is 72.5 Å². The van der Waals surface area contributed by atoms with Gasteiger partial charge in [-0.3, -0.25) is 9.59 Å². The van der Waals surface area contributed by atoms with Crippen molar-refractivity contribution in [1.29, 1.82) is 0 Å². The number of hydrogen-bond donors (Lipinski definition) is 4. The van der Waals surface area contributed by atoms with Crippen LogP contribution in [0.5, 0.6) is 23.0 Å². The fourth-order valence-electron chi connectivity index (χ4n) is 6.32. The summed E-state index contributed by atoms with van der Waals surface area (Å²) in [6.07, 6.45) is 1.24. The van der Waals surface area contributed by atoms with Crippen molar-refractivity contribution in [2.45, 2.75) is 51.9 Å². The van der Waals surface area contributed by atoms with Crippen molar-refractivity contribution >= 4 is 24.0 Å². The quantitative estimate of drug-likeness (QED) is 0.0972. The minimum atomic E-state index is -1.49. The minimum absolute atomic E-state index is 0.0472. The molecule has 12 heteroatoms. The first-order valence-corrected chi connectivity index (χ1v) is 17.4. The molecule has 1 aliphatic carbocycles. The van der Waals surface area contributed by atoms with Gasteiger partial charge in [-0.1, -0.05) is 74.5 Å². The third-order valence-electron chi connectivity index (χ3n) is 8.85. The number of ether oxygens (including phenoxy) is 2. The number of rotatable bonds is 16. The molecule has 12 nitrogen and oxygen atoms in total. The molecule has 4 atom stereocenters. The van der Waals surface area contributed by atoms with Gasteiger partial charge in [0.05, 0.1) is 23.9 Å². The van der Waals surface area contributed by atoms with Crippen molar-refractivity contribution in [2.75, 3.05) is 13.1 Å². The predicted octanol–water partition coefficient (Wildman–Crippen LogP) is 6.97. The van der Waals surface area contributed by atoms with Crippen LogP contribution in [-0.2, 0) is 22.7 Å². The molecule has 0 aliphatic heterocycles. The van der Waals surface area contributed by atoms with Gasteiger partial charge in [-0.25, -0.2) is 9.59 Å². The molecule has 4 N–H and O–H groups in total. The van der Waals surface area contributed by atoms with Crippen LogP contribution < -0.4 is 20.1 Å². The monoisotopic (exact) mass is 708 g/mol. The van der Waals surface area contributed by atoms with Crippen molar-refractivity contribution in [3.63, 3.8) is 0 Å². The normalized spacial score (nSPS) is 17.6. The molecule has 1 saturated carbocycles. The van der Waals surface area contributed by atoms with Crippen LogP contribution in [0.2, 0.25) is 0 Å². The van der Waals surface area contributed by atoms with Gasteiger partial charge in [0.15, 0.2) is 0 Å². The average Bonchev–Trinajstić information content (AvgIpc) is 3.13. The van der Waals surface area contributed by atoms with E-state index in [2.05, 4.69) is 10.6 Å². The Morgan fingerprint density at radius 3 is 1.17 bits per heavy atom. The number of nitrogens with zero attached hydrogens (tertiary/aromatic N) is 2. The Balaban J connectivity index is 1.48. The van der Waals surface area contributed by atoms with Gasteiger partial charge < -0.3 is 40.1 Å². The first-order chi connectivity index (χ1) is 25.2. The van der Waals surface area contributed by atoms with Crippen molar-refractivity contribution in [3.05, 3.63) is 120 Å². The van der Waals surface area contributed by atoms with Crippen molar-refractivity contribution in [1.82, 2.24) is 20.4 Å². The van der Waals surface area contributed by atoms with Crippen LogP contribution in [0.3, 0.4) is 0 Å². The van der Waals surface area contributed by atoms with E-state index in [-0.39, 0.29) is 13.1 Å². The molecule has 0 spiro atoms. The number of carbonyl (C=O) groups excluding carboxylic acids is 2. The molecule has 0 aromatic heterocycles. The lowest BCUT2D eigenvalue weighted by Crippen LogP contribution is -2.75. The maximum atomic E-state index is 13.9. The lowest BCUT2D eigenvalue weighted by atomic mass is 9.63. The Morgan fingerprint density at radius 2 is 0.865 bits per heavy atom. The van der Waals surface area contributed by atoms with E-state index < -0.39 is 47.9 Å². The van der Waals surface area contributed by atoms with E-state index in [4.69, 9.17) is 9.47 Å². The van der Waals surface area contributed by atoms with E-state index in [9.17, 15) is 29.4 Å². The van der Waals surface area contributed by atoms with E-state index in [1.165, 1.54) is 9.80 Å². The SMILES string of the molecule is CCCNC(=O)N(Cc1ccc(Oc2ccccc2)cc1)[C@H]1[C@@H](C(=O)O)[C@H](C(=O)O)[C@@H]1N(Cc1ccc(Oc2ccccc2)cc1)C(=O)NCCC. The lowest BCUT2D eigenvalue weighted by molar-refractivity contribution is -0.176. The Hall–Kier alpha value is -6.04. The standard InChI is InChI=1S/C40H44N4O8/c1-3-23-41-39(49)43(25-27-15-19-31(20-16-27)51-29-11-7-5-8-12-29)35-33(37(45)46)34(38(47)48)36(35)44(40(50)42-24-4-2)26-28-17-21-32(22-18-28)52-30-13-9-6-10-14-30/h5-22,33-36H,3-4,23-26H2,1-2H3,(H,41,49)(H,42,50)(H,45,46)(H,47,48)/t33-,34-,35-,36-/m0/s1. The molecule has 5 rings (SSSR count). The number of urea groups is 2. The van der Waals surface area contributed by atoms with Crippen LogP contribution in [-0.4, -0.2) is 69.2 Å². The number of carbonyl (C=O) groups is 4. The van der Waals surface area contributed by atoms with E-state index in [1.807, 2.05) is 74.5 Å². The third kappa shape index (κ3) is 9.19. The smallest absolute Gasteiger partial charge is 0.318 e. The Bertz CT molecular complexity index is 1660. The van der Waals surface area contributed by atoms with Gasteiger partial charge in [0.1, 0.15) is 23.0 Å². The van der Waals surface area contributed by atoms with Gasteiger partial charge in [-0.15, -0.1) is 0 Å². The van der Waals surface area contributed by atoms with Gasteiger partial charge in [-0.2, -0.15) is 0 Å². The maximum absolute atomic E-state index is 13.9. The summed E-state index contributed by atoms with van der Waals surface area (Å²) in [4.78, 5) is 56.0. The summed E-state index contributed by atoms with van der Waals surface area (Å²) in [6.45, 7) is 4.31. The molecule has 4 amide bonds. The molecule has 272 valence electrons. The van der Waals surface area contributed by atoms with Crippen molar-refractivity contribution < 1.29 is 38.9 Å². The summed E-state index contributed by atoms with van der Waals surface area (Å²) < 4.78 is 11.8. The van der Waals surface area contributed by atoms with Crippen molar-refractivity contribution in [3.8, 4) is 23.0 Å². The number of carboxylic acids is 2. The highest BCUT2D eigenvalue weighted by Gasteiger charge is 2.63.